The topological polar surface area (TPSA) is 42.2 Å². The molecule has 11 heavy (non-hydrogen) atoms. The summed E-state index contributed by atoms with van der Waals surface area (Å²) in [6.07, 6.45) is 1.28. The lowest BCUT2D eigenvalue weighted by atomic mass is 10.5. The van der Waals surface area contributed by atoms with Gasteiger partial charge in [0.05, 0.1) is 0 Å². The van der Waals surface area contributed by atoms with Crippen molar-refractivity contribution >= 4 is 37.2 Å². The van der Waals surface area contributed by atoms with Crippen molar-refractivity contribution in [1.82, 2.24) is 4.73 Å². The molecule has 1 N–H and O–H groups in total. The van der Waals surface area contributed by atoms with E-state index < -0.39 is 5.56 Å². The van der Waals surface area contributed by atoms with Crippen molar-refractivity contribution in [2.24, 2.45) is 0 Å². The Morgan fingerprint density at radius 2 is 1.73 bits per heavy atom. The van der Waals surface area contributed by atoms with Crippen LogP contribution in [0.15, 0.2) is 29.2 Å². The average Bonchev–Trinajstić information content (AvgIpc) is 1.77. The van der Waals surface area contributed by atoms with E-state index in [2.05, 4.69) is 0 Å². The first kappa shape index (κ1) is 16.9. The minimum Gasteiger partial charge on any atom is -0.425 e. The SMILES string of the molecule is Cl.Cl.Cl.O=c1ccccn1O. The van der Waals surface area contributed by atoms with Gasteiger partial charge in [0.1, 0.15) is 0 Å². The van der Waals surface area contributed by atoms with Crippen molar-refractivity contribution in [1.29, 1.82) is 0 Å². The summed E-state index contributed by atoms with van der Waals surface area (Å²) in [5.41, 5.74) is -0.410. The highest BCUT2D eigenvalue weighted by atomic mass is 35.5. The van der Waals surface area contributed by atoms with E-state index in [1.165, 1.54) is 12.3 Å². The predicted octanol–water partition coefficient (Wildman–Crippen LogP) is 1.35. The molecule has 1 rings (SSSR count). The second-order valence-corrected chi connectivity index (χ2v) is 1.38. The zero-order valence-electron chi connectivity index (χ0n) is 5.34. The van der Waals surface area contributed by atoms with Crippen LogP contribution in [0.4, 0.5) is 0 Å². The normalized spacial score (nSPS) is 6.55. The molecule has 0 fully saturated rings. The molecule has 0 amide bonds. The van der Waals surface area contributed by atoms with Crippen LogP contribution in [0.5, 0.6) is 0 Å². The Morgan fingerprint density at radius 3 is 2.00 bits per heavy atom. The Morgan fingerprint density at radius 1 is 1.18 bits per heavy atom. The van der Waals surface area contributed by atoms with E-state index in [0.29, 0.717) is 4.73 Å². The molecule has 66 valence electrons. The molecule has 0 unspecified atom stereocenters. The molecule has 0 spiro atoms. The minimum absolute atomic E-state index is 0. The van der Waals surface area contributed by atoms with Crippen LogP contribution in [0.2, 0.25) is 0 Å². The molecule has 0 saturated carbocycles. The fourth-order valence-electron chi connectivity index (χ4n) is 0.419. The largest absolute Gasteiger partial charge is 0.425 e. The van der Waals surface area contributed by atoms with Crippen LogP contribution >= 0.6 is 37.2 Å². The van der Waals surface area contributed by atoms with E-state index in [-0.39, 0.29) is 37.2 Å². The Balaban J connectivity index is -0.000000213. The maximum Gasteiger partial charge on any atom is 0.282 e. The molecule has 0 aromatic carbocycles. The lowest BCUT2D eigenvalue weighted by molar-refractivity contribution is 0.175. The fraction of sp³-hybridized carbons (Fsp3) is 0. The molecule has 0 radical (unpaired) electrons. The zero-order chi connectivity index (χ0) is 5.98. The molecule has 1 heterocycles. The van der Waals surface area contributed by atoms with Crippen LogP contribution in [-0.4, -0.2) is 9.94 Å². The molecule has 1 aromatic rings. The van der Waals surface area contributed by atoms with Crippen LogP contribution in [0.1, 0.15) is 0 Å². The smallest absolute Gasteiger partial charge is 0.282 e. The zero-order valence-corrected chi connectivity index (χ0v) is 7.79. The highest BCUT2D eigenvalue weighted by Crippen LogP contribution is 1.72. The van der Waals surface area contributed by atoms with Crippen LogP contribution in [0.3, 0.4) is 0 Å². The fourth-order valence-corrected chi connectivity index (χ4v) is 0.419. The molecule has 0 aliphatic rings. The van der Waals surface area contributed by atoms with Gasteiger partial charge in [-0.15, -0.1) is 37.2 Å². The lowest BCUT2D eigenvalue weighted by Gasteiger charge is -1.88. The third kappa shape index (κ3) is 4.95. The van der Waals surface area contributed by atoms with Gasteiger partial charge >= 0.3 is 0 Å². The predicted molar refractivity (Wildman–Crippen MR) is 49.6 cm³/mol. The first-order valence-corrected chi connectivity index (χ1v) is 2.17. The van der Waals surface area contributed by atoms with Gasteiger partial charge in [0.15, 0.2) is 0 Å². The monoisotopic (exact) mass is 219 g/mol. The van der Waals surface area contributed by atoms with Gasteiger partial charge in [0.25, 0.3) is 5.56 Å². The maximum absolute atomic E-state index is 10.3. The Bertz CT molecular complexity index is 237. The van der Waals surface area contributed by atoms with Gasteiger partial charge in [-0.25, -0.2) is 0 Å². The standard InChI is InChI=1S/C5H5NO2.3ClH/c7-5-3-1-2-4-6(5)8;;;/h1-4,8H;3*1H. The molecular weight excluding hydrogens is 212 g/mol. The van der Waals surface area contributed by atoms with Crippen LogP contribution in [0, 0.1) is 0 Å². The third-order valence-corrected chi connectivity index (χ3v) is 0.803. The second kappa shape index (κ2) is 7.72. The molecule has 6 heteroatoms. The molecule has 1 aromatic heterocycles. The van der Waals surface area contributed by atoms with Crippen LogP contribution in [0.25, 0.3) is 0 Å². The van der Waals surface area contributed by atoms with Gasteiger partial charge in [-0.2, -0.15) is 4.73 Å². The summed E-state index contributed by atoms with van der Waals surface area (Å²) < 4.78 is 0.528. The number of pyridine rings is 1. The van der Waals surface area contributed by atoms with Gasteiger partial charge < -0.3 is 5.21 Å². The van der Waals surface area contributed by atoms with E-state index in [1.54, 1.807) is 12.1 Å². The summed E-state index contributed by atoms with van der Waals surface area (Å²) in [6, 6.07) is 4.41. The number of halogens is 3. The summed E-state index contributed by atoms with van der Waals surface area (Å²) in [6.45, 7) is 0. The van der Waals surface area contributed by atoms with E-state index >= 15 is 0 Å². The quantitative estimate of drug-likeness (QED) is 0.671. The molecule has 0 saturated heterocycles. The molecular formula is C5H8Cl3NO2. The van der Waals surface area contributed by atoms with Crippen molar-refractivity contribution in [2.75, 3.05) is 0 Å². The summed E-state index contributed by atoms with van der Waals surface area (Å²) in [4.78, 5) is 10.3. The van der Waals surface area contributed by atoms with E-state index in [0.717, 1.165) is 0 Å². The van der Waals surface area contributed by atoms with Crippen molar-refractivity contribution < 1.29 is 5.21 Å². The summed E-state index contributed by atoms with van der Waals surface area (Å²) in [7, 11) is 0. The maximum atomic E-state index is 10.3. The third-order valence-electron chi connectivity index (χ3n) is 0.803. The van der Waals surface area contributed by atoms with E-state index in [4.69, 9.17) is 5.21 Å². The average molecular weight is 220 g/mol. The highest BCUT2D eigenvalue weighted by Gasteiger charge is 1.82. The number of hydrogen-bond acceptors (Lipinski definition) is 2. The van der Waals surface area contributed by atoms with E-state index in [9.17, 15) is 4.79 Å². The van der Waals surface area contributed by atoms with Gasteiger partial charge in [0, 0.05) is 12.3 Å². The van der Waals surface area contributed by atoms with Gasteiger partial charge in [-0.3, -0.25) is 4.79 Å². The summed E-state index contributed by atoms with van der Waals surface area (Å²) >= 11 is 0. The molecule has 0 atom stereocenters. The van der Waals surface area contributed by atoms with Gasteiger partial charge in [-0.1, -0.05) is 6.07 Å². The van der Waals surface area contributed by atoms with Crippen LogP contribution < -0.4 is 5.56 Å². The number of nitrogens with zero attached hydrogens (tertiary/aromatic N) is 1. The van der Waals surface area contributed by atoms with Crippen molar-refractivity contribution in [3.8, 4) is 0 Å². The molecule has 0 aliphatic heterocycles. The van der Waals surface area contributed by atoms with Gasteiger partial charge in [-0.05, 0) is 6.07 Å². The van der Waals surface area contributed by atoms with E-state index in [1.807, 2.05) is 0 Å². The second-order valence-electron chi connectivity index (χ2n) is 1.38. The molecule has 3 nitrogen and oxygen atoms in total. The highest BCUT2D eigenvalue weighted by molar-refractivity contribution is 5.86. The first-order valence-electron chi connectivity index (χ1n) is 2.17. The minimum atomic E-state index is -0.410. The van der Waals surface area contributed by atoms with Crippen molar-refractivity contribution in [3.05, 3.63) is 34.7 Å². The Kier molecular flexibility index (Phi) is 11.9. The van der Waals surface area contributed by atoms with Gasteiger partial charge in [0.2, 0.25) is 0 Å². The Labute approximate surface area is 82.2 Å². The molecule has 0 bridgehead atoms. The van der Waals surface area contributed by atoms with Crippen LogP contribution in [-0.2, 0) is 0 Å². The van der Waals surface area contributed by atoms with Crippen molar-refractivity contribution in [3.63, 3.8) is 0 Å². The lowest BCUT2D eigenvalue weighted by Crippen LogP contribution is -2.13. The number of aromatic nitrogens is 1. The van der Waals surface area contributed by atoms with Crippen molar-refractivity contribution in [2.45, 2.75) is 0 Å². The first-order chi connectivity index (χ1) is 3.80. The summed E-state index contributed by atoms with van der Waals surface area (Å²) in [5.74, 6) is 0. The number of hydrogen-bond donors (Lipinski definition) is 1. The number of rotatable bonds is 0. The summed E-state index contributed by atoms with van der Waals surface area (Å²) in [5, 5.41) is 8.52. The Hall–Kier alpha value is -0.380. The molecule has 0 aliphatic carbocycles.